The Bertz CT molecular complexity index is 1370. The monoisotopic (exact) mass is 472 g/mol. The van der Waals surface area contributed by atoms with Crippen LogP contribution in [0.1, 0.15) is 11.5 Å². The number of urea groups is 1. The highest BCUT2D eigenvalue weighted by atomic mass is 19.1. The summed E-state index contributed by atoms with van der Waals surface area (Å²) >= 11 is 0. The highest BCUT2D eigenvalue weighted by Gasteiger charge is 2.57. The Hall–Kier alpha value is -3.82. The van der Waals surface area contributed by atoms with Gasteiger partial charge in [-0.3, -0.25) is 15.3 Å². The molecule has 3 N–H and O–H groups in total. The number of aromatic amines is 1. The molecule has 2 fully saturated rings. The van der Waals surface area contributed by atoms with Crippen LogP contribution < -0.4 is 10.6 Å². The summed E-state index contributed by atoms with van der Waals surface area (Å²) in [5.41, 5.74) is 3.27. The molecule has 2 saturated heterocycles. The Labute approximate surface area is 201 Å². The molecule has 9 heteroatoms. The predicted molar refractivity (Wildman–Crippen MR) is 131 cm³/mol. The van der Waals surface area contributed by atoms with E-state index in [1.165, 1.54) is 17.7 Å². The van der Waals surface area contributed by atoms with Crippen LogP contribution in [0.15, 0.2) is 66.9 Å². The van der Waals surface area contributed by atoms with Gasteiger partial charge in [0.1, 0.15) is 17.3 Å². The zero-order valence-corrected chi connectivity index (χ0v) is 19.2. The Balaban J connectivity index is 1.20. The SMILES string of the molecule is CN1C[C@@H](NC(=O)Nc2cc3[nH]nc(-c4ccc(F)cc4)c3cn2)[C@H](c2ccccc2)C12COC2. The molecular formula is C26H25FN6O2. The number of carbonyl (C=O) groups excluding carboxylic acids is 1. The van der Waals surface area contributed by atoms with E-state index in [9.17, 15) is 9.18 Å². The minimum absolute atomic E-state index is 0.0766. The maximum Gasteiger partial charge on any atom is 0.320 e. The van der Waals surface area contributed by atoms with Crippen molar-refractivity contribution in [3.05, 3.63) is 78.2 Å². The Morgan fingerprint density at radius 3 is 2.66 bits per heavy atom. The molecule has 0 bridgehead atoms. The molecule has 2 atom stereocenters. The zero-order valence-electron chi connectivity index (χ0n) is 19.2. The lowest BCUT2D eigenvalue weighted by Crippen LogP contribution is -2.61. The molecule has 35 heavy (non-hydrogen) atoms. The van der Waals surface area contributed by atoms with Crippen LogP contribution in [-0.2, 0) is 4.74 Å². The standard InChI is InChI=1S/C26H25FN6O2/c1-33-13-21(23(26(33)14-35-15-26)16-5-3-2-4-6-16)29-25(34)30-22-11-20-19(12-28-22)24(32-31-20)17-7-9-18(27)10-8-17/h2-12,21,23H,13-15H2,1H3,(H,31,32)(H2,28,29,30,34)/t21-,23+/m1/s1. The maximum absolute atomic E-state index is 13.3. The average Bonchev–Trinajstić information content (AvgIpc) is 3.38. The normalized spacial score (nSPS) is 21.2. The molecule has 0 unspecified atom stereocenters. The van der Waals surface area contributed by atoms with E-state index in [0.717, 1.165) is 23.0 Å². The number of nitrogens with one attached hydrogen (secondary N) is 3. The number of likely N-dealkylation sites (tertiary alicyclic amines) is 1. The third-order valence-electron chi connectivity index (χ3n) is 7.20. The zero-order chi connectivity index (χ0) is 24.0. The summed E-state index contributed by atoms with van der Waals surface area (Å²) in [4.78, 5) is 19.7. The van der Waals surface area contributed by atoms with Crippen molar-refractivity contribution in [3.8, 4) is 11.3 Å². The first-order chi connectivity index (χ1) is 17.0. The molecule has 2 aromatic heterocycles. The molecule has 2 aromatic carbocycles. The Morgan fingerprint density at radius 1 is 1.17 bits per heavy atom. The minimum atomic E-state index is -0.313. The number of ether oxygens (including phenoxy) is 1. The van der Waals surface area contributed by atoms with Crippen LogP contribution in [0.25, 0.3) is 22.2 Å². The van der Waals surface area contributed by atoms with Gasteiger partial charge < -0.3 is 10.1 Å². The molecule has 178 valence electrons. The van der Waals surface area contributed by atoms with Crippen molar-refractivity contribution in [2.45, 2.75) is 17.5 Å². The molecule has 0 aliphatic carbocycles. The number of rotatable bonds is 4. The van der Waals surface area contributed by atoms with Crippen LogP contribution in [-0.4, -0.2) is 64.5 Å². The van der Waals surface area contributed by atoms with E-state index in [-0.39, 0.29) is 29.3 Å². The molecule has 2 amide bonds. The van der Waals surface area contributed by atoms with Crippen LogP contribution in [0.2, 0.25) is 0 Å². The summed E-state index contributed by atoms with van der Waals surface area (Å²) in [5, 5.41) is 14.1. The summed E-state index contributed by atoms with van der Waals surface area (Å²) in [6.07, 6.45) is 1.66. The van der Waals surface area contributed by atoms with Gasteiger partial charge in [0.05, 0.1) is 30.3 Å². The number of nitrogens with zero attached hydrogens (tertiary/aromatic N) is 3. The van der Waals surface area contributed by atoms with Crippen molar-refractivity contribution < 1.29 is 13.9 Å². The number of benzene rings is 2. The van der Waals surface area contributed by atoms with Crippen molar-refractivity contribution in [1.29, 1.82) is 0 Å². The van der Waals surface area contributed by atoms with Crippen LogP contribution in [0.5, 0.6) is 0 Å². The van der Waals surface area contributed by atoms with Gasteiger partial charge in [0.15, 0.2) is 0 Å². The van der Waals surface area contributed by atoms with Crippen LogP contribution in [0, 0.1) is 5.82 Å². The topological polar surface area (TPSA) is 95.2 Å². The molecule has 2 aliphatic heterocycles. The highest BCUT2D eigenvalue weighted by molar-refractivity contribution is 5.95. The van der Waals surface area contributed by atoms with Crippen molar-refractivity contribution in [1.82, 2.24) is 25.4 Å². The van der Waals surface area contributed by atoms with Gasteiger partial charge >= 0.3 is 6.03 Å². The number of hydrogen-bond acceptors (Lipinski definition) is 5. The molecule has 0 saturated carbocycles. The lowest BCUT2D eigenvalue weighted by molar-refractivity contribution is -0.123. The van der Waals surface area contributed by atoms with Crippen LogP contribution >= 0.6 is 0 Å². The number of hydrogen-bond donors (Lipinski definition) is 3. The van der Waals surface area contributed by atoms with Crippen molar-refractivity contribution in [2.75, 3.05) is 32.1 Å². The summed E-state index contributed by atoms with van der Waals surface area (Å²) < 4.78 is 18.9. The van der Waals surface area contributed by atoms with Crippen molar-refractivity contribution >= 4 is 22.8 Å². The maximum atomic E-state index is 13.3. The number of likely N-dealkylation sites (N-methyl/N-ethyl adjacent to an activating group) is 1. The fraction of sp³-hybridized carbons (Fsp3) is 0.269. The van der Waals surface area contributed by atoms with Gasteiger partial charge in [-0.2, -0.15) is 5.10 Å². The Kier molecular flexibility index (Phi) is 5.23. The summed E-state index contributed by atoms with van der Waals surface area (Å²) in [6.45, 7) is 2.03. The second kappa shape index (κ2) is 8.44. The van der Waals surface area contributed by atoms with Crippen LogP contribution in [0.3, 0.4) is 0 Å². The number of pyridine rings is 1. The number of aromatic nitrogens is 3. The lowest BCUT2D eigenvalue weighted by atomic mass is 9.76. The van der Waals surface area contributed by atoms with Crippen molar-refractivity contribution in [3.63, 3.8) is 0 Å². The number of carbonyl (C=O) groups is 1. The molecule has 4 aromatic rings. The van der Waals surface area contributed by atoms with E-state index in [2.05, 4.69) is 49.9 Å². The molecular weight excluding hydrogens is 447 g/mol. The molecule has 4 heterocycles. The quantitative estimate of drug-likeness (QED) is 0.421. The molecule has 1 spiro atoms. The number of anilines is 1. The number of amides is 2. The Morgan fingerprint density at radius 2 is 1.94 bits per heavy atom. The fourth-order valence-corrected chi connectivity index (χ4v) is 5.37. The summed E-state index contributed by atoms with van der Waals surface area (Å²) in [7, 11) is 2.09. The lowest BCUT2D eigenvalue weighted by Gasteiger charge is -2.48. The first kappa shape index (κ1) is 21.7. The van der Waals surface area contributed by atoms with Gasteiger partial charge in [-0.15, -0.1) is 0 Å². The predicted octanol–water partition coefficient (Wildman–Crippen LogP) is 3.75. The summed E-state index contributed by atoms with van der Waals surface area (Å²) in [6, 6.07) is 17.8. The molecule has 8 nitrogen and oxygen atoms in total. The van der Waals surface area contributed by atoms with Gasteiger partial charge in [0.2, 0.25) is 0 Å². The van der Waals surface area contributed by atoms with Gasteiger partial charge in [-0.05, 0) is 36.9 Å². The second-order valence-electron chi connectivity index (χ2n) is 9.26. The van der Waals surface area contributed by atoms with E-state index in [1.54, 1.807) is 24.4 Å². The van der Waals surface area contributed by atoms with E-state index in [4.69, 9.17) is 4.74 Å². The van der Waals surface area contributed by atoms with E-state index in [1.807, 2.05) is 18.2 Å². The van der Waals surface area contributed by atoms with E-state index >= 15 is 0 Å². The smallest absolute Gasteiger partial charge is 0.320 e. The largest absolute Gasteiger partial charge is 0.377 e. The van der Waals surface area contributed by atoms with Gasteiger partial charge in [0.25, 0.3) is 0 Å². The minimum Gasteiger partial charge on any atom is -0.377 e. The van der Waals surface area contributed by atoms with E-state index < -0.39 is 0 Å². The third-order valence-corrected chi connectivity index (χ3v) is 7.20. The first-order valence-electron chi connectivity index (χ1n) is 11.5. The van der Waals surface area contributed by atoms with Gasteiger partial charge in [0, 0.05) is 35.7 Å². The van der Waals surface area contributed by atoms with Crippen LogP contribution in [0.4, 0.5) is 15.0 Å². The van der Waals surface area contributed by atoms with Gasteiger partial charge in [-0.25, -0.2) is 14.2 Å². The summed E-state index contributed by atoms with van der Waals surface area (Å²) in [5.74, 6) is 0.228. The highest BCUT2D eigenvalue weighted by Crippen LogP contribution is 2.46. The number of H-pyrrole nitrogens is 1. The number of fused-ring (bicyclic) bond motifs is 1. The molecule has 6 rings (SSSR count). The van der Waals surface area contributed by atoms with Gasteiger partial charge in [-0.1, -0.05) is 30.3 Å². The third kappa shape index (κ3) is 3.73. The van der Waals surface area contributed by atoms with Crippen molar-refractivity contribution in [2.24, 2.45) is 0 Å². The fourth-order valence-electron chi connectivity index (χ4n) is 5.37. The average molecular weight is 473 g/mol. The second-order valence-corrected chi connectivity index (χ2v) is 9.26. The molecule has 0 radical (unpaired) electrons. The first-order valence-corrected chi connectivity index (χ1v) is 11.5. The van der Waals surface area contributed by atoms with E-state index in [0.29, 0.717) is 24.7 Å². The number of halogens is 1. The molecule has 2 aliphatic rings.